The van der Waals surface area contributed by atoms with Gasteiger partial charge in [0, 0.05) is 30.4 Å². The van der Waals surface area contributed by atoms with Crippen molar-refractivity contribution >= 4 is 17.4 Å². The van der Waals surface area contributed by atoms with Crippen LogP contribution in [0.1, 0.15) is 16.8 Å². The monoisotopic (exact) mass is 258 g/mol. The summed E-state index contributed by atoms with van der Waals surface area (Å²) in [5.41, 5.74) is 5.02. The Morgan fingerprint density at radius 1 is 1.17 bits per heavy atom. The summed E-state index contributed by atoms with van der Waals surface area (Å²) in [5.74, 6) is 1.99. The number of aromatic nitrogens is 1. The van der Waals surface area contributed by atoms with Crippen molar-refractivity contribution in [2.24, 2.45) is 0 Å². The van der Waals surface area contributed by atoms with Crippen LogP contribution in [0.25, 0.3) is 0 Å². The zero-order chi connectivity index (χ0) is 12.8. The van der Waals surface area contributed by atoms with Crippen LogP contribution in [0, 0.1) is 6.92 Å². The fourth-order valence-corrected chi connectivity index (χ4v) is 2.76. The minimum absolute atomic E-state index is 0.948. The number of thioether (sulfide) groups is 1. The van der Waals surface area contributed by atoms with Crippen LogP contribution < -0.4 is 5.32 Å². The van der Waals surface area contributed by atoms with Gasteiger partial charge in [0.25, 0.3) is 0 Å². The van der Waals surface area contributed by atoms with Gasteiger partial charge >= 0.3 is 0 Å². The largest absolute Gasteiger partial charge is 0.388 e. The fourth-order valence-electron chi connectivity index (χ4n) is 1.75. The first-order valence-corrected chi connectivity index (χ1v) is 7.20. The molecule has 0 aliphatic carbocycles. The summed E-state index contributed by atoms with van der Waals surface area (Å²) in [4.78, 5) is 4.38. The van der Waals surface area contributed by atoms with Crippen molar-refractivity contribution in [3.63, 3.8) is 0 Å². The predicted octanol–water partition coefficient (Wildman–Crippen LogP) is 3.87. The molecule has 0 saturated carbocycles. The smallest absolute Gasteiger partial charge is 0.0523 e. The molecule has 94 valence electrons. The van der Waals surface area contributed by atoms with Crippen molar-refractivity contribution in [3.8, 4) is 0 Å². The van der Waals surface area contributed by atoms with Gasteiger partial charge < -0.3 is 5.32 Å². The molecule has 1 aromatic carbocycles. The highest BCUT2D eigenvalue weighted by molar-refractivity contribution is 7.97. The van der Waals surface area contributed by atoms with Crippen molar-refractivity contribution in [1.29, 1.82) is 0 Å². The predicted molar refractivity (Wildman–Crippen MR) is 80.0 cm³/mol. The van der Waals surface area contributed by atoms with Gasteiger partial charge in [0.1, 0.15) is 0 Å². The van der Waals surface area contributed by atoms with Gasteiger partial charge in [-0.3, -0.25) is 4.98 Å². The SMILES string of the molecule is CNc1ccnc(CSCc2ccccc2C)c1. The van der Waals surface area contributed by atoms with E-state index in [-0.39, 0.29) is 0 Å². The van der Waals surface area contributed by atoms with E-state index in [1.807, 2.05) is 31.1 Å². The highest BCUT2D eigenvalue weighted by atomic mass is 32.2. The van der Waals surface area contributed by atoms with Crippen molar-refractivity contribution in [1.82, 2.24) is 4.98 Å². The van der Waals surface area contributed by atoms with Crippen LogP contribution in [0.4, 0.5) is 5.69 Å². The van der Waals surface area contributed by atoms with E-state index in [1.165, 1.54) is 11.1 Å². The molecule has 1 N–H and O–H groups in total. The molecule has 0 amide bonds. The average Bonchev–Trinajstić information content (AvgIpc) is 2.41. The highest BCUT2D eigenvalue weighted by Gasteiger charge is 2.00. The van der Waals surface area contributed by atoms with E-state index in [2.05, 4.69) is 47.6 Å². The minimum Gasteiger partial charge on any atom is -0.388 e. The minimum atomic E-state index is 0.948. The Bertz CT molecular complexity index is 511. The van der Waals surface area contributed by atoms with Crippen LogP contribution in [0.2, 0.25) is 0 Å². The van der Waals surface area contributed by atoms with E-state index in [0.717, 1.165) is 22.9 Å². The first-order chi connectivity index (χ1) is 8.79. The third kappa shape index (κ3) is 3.50. The van der Waals surface area contributed by atoms with E-state index >= 15 is 0 Å². The molecular weight excluding hydrogens is 240 g/mol. The normalized spacial score (nSPS) is 10.3. The zero-order valence-corrected chi connectivity index (χ0v) is 11.6. The summed E-state index contributed by atoms with van der Waals surface area (Å²) in [7, 11) is 1.93. The second-order valence-electron chi connectivity index (χ2n) is 4.21. The average molecular weight is 258 g/mol. The Morgan fingerprint density at radius 2 is 2.00 bits per heavy atom. The van der Waals surface area contributed by atoms with E-state index in [4.69, 9.17) is 0 Å². The maximum Gasteiger partial charge on any atom is 0.0523 e. The topological polar surface area (TPSA) is 24.9 Å². The maximum absolute atomic E-state index is 4.38. The number of hydrogen-bond acceptors (Lipinski definition) is 3. The molecule has 0 atom stereocenters. The molecule has 2 rings (SSSR count). The first-order valence-electron chi connectivity index (χ1n) is 6.04. The molecule has 0 bridgehead atoms. The number of hydrogen-bond donors (Lipinski definition) is 1. The zero-order valence-electron chi connectivity index (χ0n) is 10.8. The lowest BCUT2D eigenvalue weighted by atomic mass is 10.1. The number of aryl methyl sites for hydroxylation is 1. The summed E-state index contributed by atoms with van der Waals surface area (Å²) in [6.45, 7) is 2.16. The Labute approximate surface area is 113 Å². The molecule has 0 aliphatic heterocycles. The Hall–Kier alpha value is -1.48. The van der Waals surface area contributed by atoms with E-state index in [9.17, 15) is 0 Å². The summed E-state index contributed by atoms with van der Waals surface area (Å²) in [5, 5.41) is 3.14. The number of benzene rings is 1. The van der Waals surface area contributed by atoms with Gasteiger partial charge in [-0.05, 0) is 30.2 Å². The lowest BCUT2D eigenvalue weighted by molar-refractivity contribution is 1.17. The molecule has 1 heterocycles. The van der Waals surface area contributed by atoms with E-state index < -0.39 is 0 Å². The van der Waals surface area contributed by atoms with Gasteiger partial charge in [0.15, 0.2) is 0 Å². The first kappa shape index (κ1) is 13.0. The lowest BCUT2D eigenvalue weighted by Gasteiger charge is -2.06. The van der Waals surface area contributed by atoms with Crippen molar-refractivity contribution < 1.29 is 0 Å². The molecule has 0 aliphatic rings. The maximum atomic E-state index is 4.38. The van der Waals surface area contributed by atoms with Gasteiger partial charge in [0.05, 0.1) is 5.69 Å². The standard InChI is InChI=1S/C15H18N2S/c1-12-5-3-4-6-13(12)10-18-11-15-9-14(16-2)7-8-17-15/h3-9H,10-11H2,1-2H3,(H,16,17). The Balaban J connectivity index is 1.90. The summed E-state index contributed by atoms with van der Waals surface area (Å²) < 4.78 is 0. The fraction of sp³-hybridized carbons (Fsp3) is 0.267. The highest BCUT2D eigenvalue weighted by Crippen LogP contribution is 2.20. The summed E-state index contributed by atoms with van der Waals surface area (Å²) in [6.07, 6.45) is 1.86. The second kappa shape index (κ2) is 6.45. The van der Waals surface area contributed by atoms with E-state index in [0.29, 0.717) is 0 Å². The molecule has 0 spiro atoms. The van der Waals surface area contributed by atoms with Crippen molar-refractivity contribution in [3.05, 3.63) is 59.4 Å². The van der Waals surface area contributed by atoms with Crippen LogP contribution in [-0.2, 0) is 11.5 Å². The van der Waals surface area contributed by atoms with Crippen LogP contribution in [0.5, 0.6) is 0 Å². The molecule has 0 saturated heterocycles. The van der Waals surface area contributed by atoms with Crippen molar-refractivity contribution in [2.45, 2.75) is 18.4 Å². The van der Waals surface area contributed by atoms with Crippen LogP contribution in [0.15, 0.2) is 42.6 Å². The summed E-state index contributed by atoms with van der Waals surface area (Å²) >= 11 is 1.90. The molecular formula is C15H18N2S. The molecule has 2 nitrogen and oxygen atoms in total. The number of nitrogens with one attached hydrogen (secondary N) is 1. The van der Waals surface area contributed by atoms with Gasteiger partial charge in [-0.2, -0.15) is 11.8 Å². The number of nitrogens with zero attached hydrogens (tertiary/aromatic N) is 1. The molecule has 2 aromatic rings. The molecule has 1 aromatic heterocycles. The van der Waals surface area contributed by atoms with Gasteiger partial charge in [-0.15, -0.1) is 0 Å². The Kier molecular flexibility index (Phi) is 4.65. The number of pyridine rings is 1. The van der Waals surface area contributed by atoms with Crippen LogP contribution in [0.3, 0.4) is 0 Å². The quantitative estimate of drug-likeness (QED) is 0.881. The Morgan fingerprint density at radius 3 is 2.78 bits per heavy atom. The second-order valence-corrected chi connectivity index (χ2v) is 5.19. The number of rotatable bonds is 5. The van der Waals surface area contributed by atoms with Crippen LogP contribution >= 0.6 is 11.8 Å². The lowest BCUT2D eigenvalue weighted by Crippen LogP contribution is -1.93. The van der Waals surface area contributed by atoms with Crippen LogP contribution in [-0.4, -0.2) is 12.0 Å². The molecule has 0 radical (unpaired) electrons. The molecule has 3 heteroatoms. The third-order valence-electron chi connectivity index (χ3n) is 2.87. The van der Waals surface area contributed by atoms with Crippen molar-refractivity contribution in [2.75, 3.05) is 12.4 Å². The van der Waals surface area contributed by atoms with E-state index in [1.54, 1.807) is 0 Å². The molecule has 0 unspecified atom stereocenters. The van der Waals surface area contributed by atoms with Gasteiger partial charge in [-0.1, -0.05) is 24.3 Å². The molecule has 0 fully saturated rings. The van der Waals surface area contributed by atoms with Gasteiger partial charge in [0.2, 0.25) is 0 Å². The number of anilines is 1. The third-order valence-corrected chi connectivity index (χ3v) is 3.89. The summed E-state index contributed by atoms with van der Waals surface area (Å²) in [6, 6.07) is 12.6. The van der Waals surface area contributed by atoms with Gasteiger partial charge in [-0.25, -0.2) is 0 Å². The molecule has 18 heavy (non-hydrogen) atoms.